The average Bonchev–Trinajstić information content (AvgIpc) is 3.03. The van der Waals surface area contributed by atoms with Crippen LogP contribution in [0.25, 0.3) is 10.2 Å². The molecule has 0 spiro atoms. The van der Waals surface area contributed by atoms with Crippen LogP contribution in [-0.4, -0.2) is 30.2 Å². The fourth-order valence-corrected chi connectivity index (χ4v) is 3.09. The molecule has 1 amide bonds. The van der Waals surface area contributed by atoms with Gasteiger partial charge in [-0.25, -0.2) is 0 Å². The van der Waals surface area contributed by atoms with Gasteiger partial charge in [0.25, 0.3) is 11.5 Å². The van der Waals surface area contributed by atoms with Crippen LogP contribution in [0.3, 0.4) is 0 Å². The number of H-pyrrole nitrogens is 1. The maximum atomic E-state index is 12.5. The molecule has 0 radical (unpaired) electrons. The monoisotopic (exact) mass is 346 g/mol. The van der Waals surface area contributed by atoms with Gasteiger partial charge in [0.1, 0.15) is 17.1 Å². The van der Waals surface area contributed by atoms with E-state index in [4.69, 9.17) is 9.47 Å². The molecule has 24 heavy (non-hydrogen) atoms. The van der Waals surface area contributed by atoms with E-state index in [-0.39, 0.29) is 11.3 Å². The van der Waals surface area contributed by atoms with Crippen molar-refractivity contribution in [3.63, 3.8) is 0 Å². The number of ether oxygens (including phenoxy) is 2. The van der Waals surface area contributed by atoms with E-state index in [1.165, 1.54) is 25.6 Å². The van der Waals surface area contributed by atoms with Crippen molar-refractivity contribution in [2.24, 2.45) is 0 Å². The number of aromatic nitrogens is 1. The van der Waals surface area contributed by atoms with Crippen molar-refractivity contribution >= 4 is 33.1 Å². The minimum Gasteiger partial charge on any atom is -0.505 e. The molecule has 1 aromatic carbocycles. The van der Waals surface area contributed by atoms with Gasteiger partial charge in [-0.15, -0.1) is 11.3 Å². The van der Waals surface area contributed by atoms with E-state index >= 15 is 0 Å². The second-order valence-electron chi connectivity index (χ2n) is 4.86. The minimum absolute atomic E-state index is 0.339. The van der Waals surface area contributed by atoms with Gasteiger partial charge < -0.3 is 24.9 Å². The van der Waals surface area contributed by atoms with Gasteiger partial charge in [-0.2, -0.15) is 0 Å². The highest BCUT2D eigenvalue weighted by atomic mass is 32.1. The van der Waals surface area contributed by atoms with Crippen molar-refractivity contribution in [1.29, 1.82) is 0 Å². The summed E-state index contributed by atoms with van der Waals surface area (Å²) in [5, 5.41) is 14.5. The summed E-state index contributed by atoms with van der Waals surface area (Å²) in [6.07, 6.45) is 0. The Morgan fingerprint density at radius 2 is 2.04 bits per heavy atom. The molecule has 0 saturated heterocycles. The number of anilines is 1. The summed E-state index contributed by atoms with van der Waals surface area (Å²) in [4.78, 5) is 27.2. The third kappa shape index (κ3) is 2.67. The number of amides is 1. The van der Waals surface area contributed by atoms with Crippen molar-refractivity contribution in [2.45, 2.75) is 0 Å². The summed E-state index contributed by atoms with van der Waals surface area (Å²) >= 11 is 1.23. The number of aromatic hydroxyl groups is 1. The number of fused-ring (bicyclic) bond motifs is 1. The molecule has 3 N–H and O–H groups in total. The molecule has 3 aromatic rings. The number of methoxy groups -OCH3 is 2. The molecule has 0 saturated carbocycles. The Balaban J connectivity index is 2.00. The van der Waals surface area contributed by atoms with Crippen LogP contribution in [0, 0.1) is 0 Å². The van der Waals surface area contributed by atoms with Crippen LogP contribution in [0.4, 0.5) is 5.69 Å². The zero-order chi connectivity index (χ0) is 17.3. The van der Waals surface area contributed by atoms with E-state index in [9.17, 15) is 14.7 Å². The van der Waals surface area contributed by atoms with E-state index in [1.807, 2.05) is 0 Å². The predicted octanol–water partition coefficient (Wildman–Crippen LogP) is 2.56. The Hall–Kier alpha value is -3.00. The van der Waals surface area contributed by atoms with Gasteiger partial charge >= 0.3 is 0 Å². The standard InChI is InChI=1S/C16H14N2O5S/c1-22-8-3-4-9(11(7-8)23-2)17-15(20)12-13(19)14-10(5-6-24-14)18-16(12)21/h3-7H,1-2H3,(H,17,20)(H2,18,19,21). The second-order valence-corrected chi connectivity index (χ2v) is 5.78. The SMILES string of the molecule is COc1ccc(NC(=O)c2c(O)c3sccc3[nH]c2=O)c(OC)c1. The first-order valence-electron chi connectivity index (χ1n) is 6.91. The van der Waals surface area contributed by atoms with Gasteiger partial charge in [-0.3, -0.25) is 9.59 Å². The highest BCUT2D eigenvalue weighted by Crippen LogP contribution is 2.32. The number of benzene rings is 1. The number of aromatic amines is 1. The largest absolute Gasteiger partial charge is 0.505 e. The maximum absolute atomic E-state index is 12.5. The van der Waals surface area contributed by atoms with Crippen LogP contribution in [0.1, 0.15) is 10.4 Å². The summed E-state index contributed by atoms with van der Waals surface area (Å²) in [5.74, 6) is -0.136. The van der Waals surface area contributed by atoms with E-state index in [2.05, 4.69) is 10.3 Å². The Kier molecular flexibility index (Phi) is 4.13. The normalized spacial score (nSPS) is 10.6. The third-order valence-corrected chi connectivity index (χ3v) is 4.40. The van der Waals surface area contributed by atoms with E-state index in [0.29, 0.717) is 27.4 Å². The van der Waals surface area contributed by atoms with Crippen molar-refractivity contribution in [3.8, 4) is 17.2 Å². The lowest BCUT2D eigenvalue weighted by atomic mass is 10.2. The summed E-state index contributed by atoms with van der Waals surface area (Å²) in [6.45, 7) is 0. The maximum Gasteiger partial charge on any atom is 0.265 e. The zero-order valence-electron chi connectivity index (χ0n) is 12.9. The molecule has 124 valence electrons. The Labute approximate surface area is 140 Å². The molecule has 2 heterocycles. The van der Waals surface area contributed by atoms with Gasteiger partial charge in [0.05, 0.1) is 30.1 Å². The van der Waals surface area contributed by atoms with E-state index < -0.39 is 11.5 Å². The molecule has 3 rings (SSSR count). The first kappa shape index (κ1) is 15.9. The minimum atomic E-state index is -0.729. The fraction of sp³-hybridized carbons (Fsp3) is 0.125. The number of carbonyl (C=O) groups is 1. The molecular formula is C16H14N2O5S. The fourth-order valence-electron chi connectivity index (χ4n) is 2.29. The Bertz CT molecular complexity index is 976. The van der Waals surface area contributed by atoms with Crippen molar-refractivity contribution in [3.05, 3.63) is 45.6 Å². The molecule has 0 aliphatic rings. The van der Waals surface area contributed by atoms with E-state index in [1.54, 1.807) is 29.6 Å². The van der Waals surface area contributed by atoms with Gasteiger partial charge in [-0.05, 0) is 23.6 Å². The molecule has 0 bridgehead atoms. The molecule has 2 aromatic heterocycles. The first-order valence-corrected chi connectivity index (χ1v) is 7.79. The van der Waals surface area contributed by atoms with Gasteiger partial charge in [0, 0.05) is 6.07 Å². The van der Waals surface area contributed by atoms with Crippen LogP contribution in [0.5, 0.6) is 17.2 Å². The number of thiophene rings is 1. The lowest BCUT2D eigenvalue weighted by Crippen LogP contribution is -2.23. The highest BCUT2D eigenvalue weighted by molar-refractivity contribution is 7.17. The number of hydrogen-bond acceptors (Lipinski definition) is 6. The summed E-state index contributed by atoms with van der Waals surface area (Å²) in [7, 11) is 2.97. The van der Waals surface area contributed by atoms with Gasteiger partial charge in [0.15, 0.2) is 5.75 Å². The topological polar surface area (TPSA) is 101 Å². The van der Waals surface area contributed by atoms with Crippen LogP contribution in [0.2, 0.25) is 0 Å². The molecule has 0 fully saturated rings. The lowest BCUT2D eigenvalue weighted by Gasteiger charge is -2.12. The Morgan fingerprint density at radius 3 is 2.75 bits per heavy atom. The average molecular weight is 346 g/mol. The number of nitrogens with one attached hydrogen (secondary N) is 2. The lowest BCUT2D eigenvalue weighted by molar-refractivity contribution is 0.102. The predicted molar refractivity (Wildman–Crippen MR) is 91.6 cm³/mol. The molecule has 0 aliphatic carbocycles. The molecule has 0 atom stereocenters. The summed E-state index contributed by atoms with van der Waals surface area (Å²) in [5.41, 5.74) is -0.166. The number of hydrogen-bond donors (Lipinski definition) is 3. The van der Waals surface area contributed by atoms with Gasteiger partial charge in [0.2, 0.25) is 0 Å². The van der Waals surface area contributed by atoms with Gasteiger partial charge in [-0.1, -0.05) is 0 Å². The molecular weight excluding hydrogens is 332 g/mol. The molecule has 0 aliphatic heterocycles. The number of pyridine rings is 1. The van der Waals surface area contributed by atoms with Crippen LogP contribution in [-0.2, 0) is 0 Å². The molecule has 8 heteroatoms. The van der Waals surface area contributed by atoms with Crippen molar-refractivity contribution < 1.29 is 19.4 Å². The quantitative estimate of drug-likeness (QED) is 0.674. The zero-order valence-corrected chi connectivity index (χ0v) is 13.7. The Morgan fingerprint density at radius 1 is 1.25 bits per heavy atom. The highest BCUT2D eigenvalue weighted by Gasteiger charge is 2.21. The van der Waals surface area contributed by atoms with Crippen LogP contribution < -0.4 is 20.3 Å². The molecule has 0 unspecified atom stereocenters. The van der Waals surface area contributed by atoms with Crippen molar-refractivity contribution in [2.75, 3.05) is 19.5 Å². The van der Waals surface area contributed by atoms with Crippen LogP contribution in [0.15, 0.2) is 34.4 Å². The van der Waals surface area contributed by atoms with Crippen molar-refractivity contribution in [1.82, 2.24) is 4.98 Å². The second kappa shape index (κ2) is 6.25. The summed E-state index contributed by atoms with van der Waals surface area (Å²) in [6, 6.07) is 6.49. The summed E-state index contributed by atoms with van der Waals surface area (Å²) < 4.78 is 10.7. The number of carbonyl (C=O) groups excluding carboxylic acids is 1. The number of rotatable bonds is 4. The third-order valence-electron chi connectivity index (χ3n) is 3.48. The van der Waals surface area contributed by atoms with Crippen LogP contribution >= 0.6 is 11.3 Å². The van der Waals surface area contributed by atoms with E-state index in [0.717, 1.165) is 0 Å². The smallest absolute Gasteiger partial charge is 0.265 e. The molecule has 7 nitrogen and oxygen atoms in total. The first-order chi connectivity index (χ1) is 11.5.